The van der Waals surface area contributed by atoms with E-state index in [0.29, 0.717) is 29.9 Å². The Bertz CT molecular complexity index is 1270. The summed E-state index contributed by atoms with van der Waals surface area (Å²) in [5.41, 5.74) is 3.06. The first-order chi connectivity index (χ1) is 16.0. The van der Waals surface area contributed by atoms with Crippen molar-refractivity contribution in [1.29, 1.82) is 0 Å². The lowest BCUT2D eigenvalue weighted by atomic mass is 10.1. The summed E-state index contributed by atoms with van der Waals surface area (Å²) in [6, 6.07) is 10.3. The standard InChI is InChI=1S/C26H33N3O4Si/c1-26(2,3)34(4,5)33-11-10-29-16-22(25(31)32)23(30)21-14-20(15-27-24(21)29)28-19-12-17-8-6-7-9-18(17)13-19/h6-9,14-16,19,28H,10-13H2,1-5H3,(H,31,32). The molecule has 1 aliphatic carbocycles. The predicted octanol–water partition coefficient (Wildman–Crippen LogP) is 4.70. The van der Waals surface area contributed by atoms with Crippen molar-refractivity contribution in [2.45, 2.75) is 64.3 Å². The molecular formula is C26H33N3O4Si. The second kappa shape index (κ2) is 9.00. The van der Waals surface area contributed by atoms with Gasteiger partial charge in [0.2, 0.25) is 5.43 Å². The second-order valence-electron chi connectivity index (χ2n) is 10.6. The van der Waals surface area contributed by atoms with E-state index < -0.39 is 19.7 Å². The molecule has 2 N–H and O–H groups in total. The van der Waals surface area contributed by atoms with Gasteiger partial charge in [0, 0.05) is 18.8 Å². The Kier molecular flexibility index (Phi) is 6.39. The van der Waals surface area contributed by atoms with Crippen molar-refractivity contribution in [3.63, 3.8) is 0 Å². The highest BCUT2D eigenvalue weighted by Crippen LogP contribution is 2.36. The Morgan fingerprint density at radius 3 is 2.47 bits per heavy atom. The van der Waals surface area contributed by atoms with Crippen molar-refractivity contribution in [3.8, 4) is 0 Å². The normalized spacial score (nSPS) is 14.4. The highest BCUT2D eigenvalue weighted by Gasteiger charge is 2.37. The van der Waals surface area contributed by atoms with Crippen LogP contribution in [0.5, 0.6) is 0 Å². The average Bonchev–Trinajstić information content (AvgIpc) is 3.16. The molecule has 0 atom stereocenters. The number of carboxylic acids is 1. The molecule has 2 aromatic heterocycles. The zero-order chi connectivity index (χ0) is 24.7. The van der Waals surface area contributed by atoms with Gasteiger partial charge in [0.15, 0.2) is 8.32 Å². The van der Waals surface area contributed by atoms with E-state index >= 15 is 0 Å². The number of hydrogen-bond acceptors (Lipinski definition) is 5. The number of aromatic carboxylic acids is 1. The smallest absolute Gasteiger partial charge is 0.341 e. The molecule has 0 bridgehead atoms. The van der Waals surface area contributed by atoms with E-state index in [-0.39, 0.29) is 16.6 Å². The molecule has 0 amide bonds. The van der Waals surface area contributed by atoms with Crippen molar-refractivity contribution < 1.29 is 14.3 Å². The lowest BCUT2D eigenvalue weighted by Gasteiger charge is -2.36. The van der Waals surface area contributed by atoms with Gasteiger partial charge in [-0.05, 0) is 48.2 Å². The van der Waals surface area contributed by atoms with Gasteiger partial charge in [-0.1, -0.05) is 45.0 Å². The van der Waals surface area contributed by atoms with E-state index in [0.717, 1.165) is 12.8 Å². The van der Waals surface area contributed by atoms with Crippen molar-refractivity contribution in [1.82, 2.24) is 9.55 Å². The van der Waals surface area contributed by atoms with Crippen molar-refractivity contribution in [3.05, 3.63) is 69.6 Å². The summed E-state index contributed by atoms with van der Waals surface area (Å²) >= 11 is 0. The molecular weight excluding hydrogens is 446 g/mol. The van der Waals surface area contributed by atoms with Crippen molar-refractivity contribution in [2.24, 2.45) is 0 Å². The van der Waals surface area contributed by atoms with Crippen LogP contribution in [-0.2, 0) is 23.8 Å². The topological polar surface area (TPSA) is 93.5 Å². The van der Waals surface area contributed by atoms with Crippen LogP contribution in [0.15, 0.2) is 47.5 Å². The zero-order valence-corrected chi connectivity index (χ0v) is 21.5. The molecule has 0 unspecified atom stereocenters. The van der Waals surface area contributed by atoms with Crippen LogP contribution in [0.4, 0.5) is 5.69 Å². The molecule has 2 heterocycles. The lowest BCUT2D eigenvalue weighted by molar-refractivity contribution is 0.0694. The Balaban J connectivity index is 1.61. The van der Waals surface area contributed by atoms with Gasteiger partial charge in [0.25, 0.3) is 0 Å². The summed E-state index contributed by atoms with van der Waals surface area (Å²) in [6.45, 7) is 11.7. The van der Waals surface area contributed by atoms with Gasteiger partial charge in [-0.3, -0.25) is 4.79 Å². The number of nitrogens with one attached hydrogen (secondary N) is 1. The van der Waals surface area contributed by atoms with Crippen LogP contribution in [-0.4, -0.2) is 41.6 Å². The minimum Gasteiger partial charge on any atom is -0.477 e. The first-order valence-corrected chi connectivity index (χ1v) is 14.6. The fourth-order valence-corrected chi connectivity index (χ4v) is 5.22. The molecule has 1 aromatic carbocycles. The number of anilines is 1. The number of carbonyl (C=O) groups is 1. The van der Waals surface area contributed by atoms with E-state index in [1.54, 1.807) is 16.8 Å². The van der Waals surface area contributed by atoms with Crippen LogP contribution in [0.1, 0.15) is 42.3 Å². The molecule has 4 rings (SSSR count). The van der Waals surface area contributed by atoms with E-state index in [1.165, 1.54) is 17.3 Å². The van der Waals surface area contributed by atoms with Crippen molar-refractivity contribution >= 4 is 31.0 Å². The molecule has 180 valence electrons. The van der Waals surface area contributed by atoms with Gasteiger partial charge >= 0.3 is 5.97 Å². The van der Waals surface area contributed by atoms with Crippen LogP contribution in [0.25, 0.3) is 11.0 Å². The van der Waals surface area contributed by atoms with E-state index in [1.807, 2.05) is 12.1 Å². The summed E-state index contributed by atoms with van der Waals surface area (Å²) in [5.74, 6) is -1.24. The fraction of sp³-hybridized carbons (Fsp3) is 0.423. The third-order valence-electron chi connectivity index (χ3n) is 7.17. The van der Waals surface area contributed by atoms with Gasteiger partial charge in [-0.25, -0.2) is 9.78 Å². The predicted molar refractivity (Wildman–Crippen MR) is 137 cm³/mol. The number of rotatable bonds is 7. The van der Waals surface area contributed by atoms with Crippen LogP contribution in [0, 0.1) is 0 Å². The minimum atomic E-state index is -1.95. The number of benzene rings is 1. The third kappa shape index (κ3) is 4.79. The van der Waals surface area contributed by atoms with Gasteiger partial charge < -0.3 is 19.4 Å². The molecule has 1 aliphatic rings. The number of nitrogens with zero attached hydrogens (tertiary/aromatic N) is 2. The zero-order valence-electron chi connectivity index (χ0n) is 20.5. The largest absolute Gasteiger partial charge is 0.477 e. The molecule has 0 saturated heterocycles. The molecule has 8 heteroatoms. The first-order valence-electron chi connectivity index (χ1n) is 11.7. The van der Waals surface area contributed by atoms with Gasteiger partial charge in [0.05, 0.1) is 23.9 Å². The summed E-state index contributed by atoms with van der Waals surface area (Å²) in [6.07, 6.45) is 4.91. The summed E-state index contributed by atoms with van der Waals surface area (Å²) < 4.78 is 8.00. The van der Waals surface area contributed by atoms with Crippen molar-refractivity contribution in [2.75, 3.05) is 11.9 Å². The first kappa shape index (κ1) is 24.2. The Morgan fingerprint density at radius 2 is 1.88 bits per heavy atom. The maximum atomic E-state index is 13.0. The molecule has 0 saturated carbocycles. The second-order valence-corrected chi connectivity index (χ2v) is 15.4. The van der Waals surface area contributed by atoms with Crippen LogP contribution >= 0.6 is 0 Å². The maximum absolute atomic E-state index is 13.0. The average molecular weight is 480 g/mol. The van der Waals surface area contributed by atoms with Gasteiger partial charge in [-0.15, -0.1) is 0 Å². The summed E-state index contributed by atoms with van der Waals surface area (Å²) in [5, 5.41) is 13.5. The molecule has 0 aliphatic heterocycles. The molecule has 7 nitrogen and oxygen atoms in total. The Labute approximate surface area is 200 Å². The maximum Gasteiger partial charge on any atom is 0.341 e. The third-order valence-corrected chi connectivity index (χ3v) is 11.7. The number of pyridine rings is 2. The highest BCUT2D eigenvalue weighted by molar-refractivity contribution is 6.74. The minimum absolute atomic E-state index is 0.0730. The molecule has 0 spiro atoms. The SMILES string of the molecule is CC(C)(C)[Si](C)(C)OCCn1cc(C(=O)O)c(=O)c2cc(NC3Cc4ccccc4C3)cnc21. The quantitative estimate of drug-likeness (QED) is 0.477. The molecule has 34 heavy (non-hydrogen) atoms. The number of aromatic nitrogens is 2. The molecule has 3 aromatic rings. The van der Waals surface area contributed by atoms with E-state index in [9.17, 15) is 14.7 Å². The number of carboxylic acid groups (broad SMARTS) is 1. The molecule has 0 radical (unpaired) electrons. The van der Waals surface area contributed by atoms with Crippen LogP contribution < -0.4 is 10.7 Å². The Hall–Kier alpha value is -2.97. The Morgan fingerprint density at radius 1 is 1.24 bits per heavy atom. The number of hydrogen-bond donors (Lipinski definition) is 2. The fourth-order valence-electron chi connectivity index (χ4n) is 4.19. The van der Waals surface area contributed by atoms with E-state index in [2.05, 4.69) is 56.3 Å². The highest BCUT2D eigenvalue weighted by atomic mass is 28.4. The van der Waals surface area contributed by atoms with E-state index in [4.69, 9.17) is 4.43 Å². The monoisotopic (exact) mass is 479 g/mol. The molecule has 0 fully saturated rings. The summed E-state index contributed by atoms with van der Waals surface area (Å²) in [4.78, 5) is 29.3. The summed E-state index contributed by atoms with van der Waals surface area (Å²) in [7, 11) is -1.95. The van der Waals surface area contributed by atoms with Crippen LogP contribution in [0.3, 0.4) is 0 Å². The van der Waals surface area contributed by atoms with Gasteiger partial charge in [0.1, 0.15) is 11.2 Å². The number of fused-ring (bicyclic) bond motifs is 2. The van der Waals surface area contributed by atoms with Gasteiger partial charge in [-0.2, -0.15) is 0 Å². The van der Waals surface area contributed by atoms with Crippen LogP contribution in [0.2, 0.25) is 18.1 Å². The lowest BCUT2D eigenvalue weighted by Crippen LogP contribution is -2.41.